The summed E-state index contributed by atoms with van der Waals surface area (Å²) in [6.45, 7) is 5.31. The number of carbonyl (C=O) groups is 2. The van der Waals surface area contributed by atoms with Crippen LogP contribution >= 0.6 is 0 Å². The third-order valence-electron chi connectivity index (χ3n) is 2.65. The zero-order valence-corrected chi connectivity index (χ0v) is 9.12. The van der Waals surface area contributed by atoms with Crippen LogP contribution in [0.25, 0.3) is 0 Å². The van der Waals surface area contributed by atoms with Gasteiger partial charge in [0.25, 0.3) is 0 Å². The van der Waals surface area contributed by atoms with Gasteiger partial charge in [-0.1, -0.05) is 6.92 Å². The topological polar surface area (TPSA) is 40.6 Å². The van der Waals surface area contributed by atoms with Crippen molar-refractivity contribution in [1.29, 1.82) is 0 Å². The molecule has 1 saturated heterocycles. The van der Waals surface area contributed by atoms with Gasteiger partial charge in [0.1, 0.15) is 5.78 Å². The summed E-state index contributed by atoms with van der Waals surface area (Å²) in [5, 5.41) is 0. The van der Waals surface area contributed by atoms with Gasteiger partial charge in [-0.25, -0.2) is 0 Å². The molecule has 0 aromatic heterocycles. The van der Waals surface area contributed by atoms with Crippen molar-refractivity contribution in [3.05, 3.63) is 0 Å². The van der Waals surface area contributed by atoms with Gasteiger partial charge in [0.2, 0.25) is 5.91 Å². The fraction of sp³-hybridized carbons (Fsp3) is 0.800. The third kappa shape index (κ3) is 2.32. The Morgan fingerprint density at radius 1 is 1.50 bits per heavy atom. The zero-order valence-electron chi connectivity index (χ0n) is 9.12. The Labute approximate surface area is 84.9 Å². The molecule has 0 aromatic carbocycles. The van der Waals surface area contributed by atoms with E-state index in [0.717, 1.165) is 13.0 Å². The first kappa shape index (κ1) is 11.2. The molecular formula is C10H18N2O2. The number of nitrogens with zero attached hydrogens (tertiary/aromatic N) is 2. The molecule has 0 saturated carbocycles. The van der Waals surface area contributed by atoms with Crippen LogP contribution in [0.3, 0.4) is 0 Å². The zero-order chi connectivity index (χ0) is 10.7. The van der Waals surface area contributed by atoms with Gasteiger partial charge in [0.15, 0.2) is 0 Å². The highest BCUT2D eigenvalue weighted by atomic mass is 16.2. The summed E-state index contributed by atoms with van der Waals surface area (Å²) in [6, 6.07) is -0.0388. The lowest BCUT2D eigenvalue weighted by Gasteiger charge is -2.37. The van der Waals surface area contributed by atoms with E-state index >= 15 is 0 Å². The molecule has 1 atom stereocenters. The maximum absolute atomic E-state index is 11.8. The van der Waals surface area contributed by atoms with Crippen molar-refractivity contribution < 1.29 is 9.59 Å². The minimum absolute atomic E-state index is 0.0388. The van der Waals surface area contributed by atoms with Crippen LogP contribution in [0.5, 0.6) is 0 Å². The monoisotopic (exact) mass is 198 g/mol. The molecule has 14 heavy (non-hydrogen) atoms. The number of rotatable bonds is 3. The minimum atomic E-state index is -0.0388. The normalized spacial score (nSPS) is 24.1. The largest absolute Gasteiger partial charge is 0.333 e. The van der Waals surface area contributed by atoms with Crippen molar-refractivity contribution in [2.75, 3.05) is 26.7 Å². The van der Waals surface area contributed by atoms with Gasteiger partial charge in [0, 0.05) is 13.1 Å². The van der Waals surface area contributed by atoms with Crippen molar-refractivity contribution in [2.24, 2.45) is 0 Å². The Morgan fingerprint density at radius 3 is 2.64 bits per heavy atom. The summed E-state index contributed by atoms with van der Waals surface area (Å²) < 4.78 is 0. The van der Waals surface area contributed by atoms with Crippen molar-refractivity contribution >= 4 is 11.7 Å². The fourth-order valence-corrected chi connectivity index (χ4v) is 1.86. The Bertz CT molecular complexity index is 240. The molecule has 1 aliphatic heterocycles. The van der Waals surface area contributed by atoms with E-state index in [1.165, 1.54) is 6.92 Å². The number of ketones is 1. The molecule has 1 aliphatic rings. The number of amides is 1. The first-order valence-electron chi connectivity index (χ1n) is 5.04. The molecule has 0 spiro atoms. The van der Waals surface area contributed by atoms with Crippen LogP contribution in [-0.4, -0.2) is 54.2 Å². The maximum Gasteiger partial charge on any atom is 0.240 e. The van der Waals surface area contributed by atoms with Crippen LogP contribution in [0.4, 0.5) is 0 Å². The van der Waals surface area contributed by atoms with Gasteiger partial charge in [0.05, 0.1) is 12.6 Å². The van der Waals surface area contributed by atoms with Crippen LogP contribution in [-0.2, 0) is 9.59 Å². The highest BCUT2D eigenvalue weighted by molar-refractivity contribution is 5.87. The molecule has 1 unspecified atom stereocenters. The predicted octanol–water partition coefficient (Wildman–Crippen LogP) is 0.128. The molecule has 1 amide bonds. The first-order valence-corrected chi connectivity index (χ1v) is 5.04. The molecule has 1 rings (SSSR count). The lowest BCUT2D eigenvalue weighted by Crippen LogP contribution is -2.56. The second-order valence-electron chi connectivity index (χ2n) is 3.87. The van der Waals surface area contributed by atoms with E-state index in [4.69, 9.17) is 0 Å². The van der Waals surface area contributed by atoms with Crippen molar-refractivity contribution in [1.82, 2.24) is 9.80 Å². The standard InChI is InChI=1S/C10H18N2O2/c1-4-9-10(14)12(7-8(2)13)6-5-11(9)3/h9H,4-7H2,1-3H3. The van der Waals surface area contributed by atoms with Gasteiger partial charge in [-0.15, -0.1) is 0 Å². The summed E-state index contributed by atoms with van der Waals surface area (Å²) in [6.07, 6.45) is 0.809. The number of likely N-dealkylation sites (N-methyl/N-ethyl adjacent to an activating group) is 1. The summed E-state index contributed by atoms with van der Waals surface area (Å²) in [5.41, 5.74) is 0. The van der Waals surface area contributed by atoms with Gasteiger partial charge in [-0.3, -0.25) is 14.5 Å². The Balaban J connectivity index is 2.64. The number of hydrogen-bond acceptors (Lipinski definition) is 3. The van der Waals surface area contributed by atoms with Crippen molar-refractivity contribution in [2.45, 2.75) is 26.3 Å². The summed E-state index contributed by atoms with van der Waals surface area (Å²) in [5.74, 6) is 0.147. The van der Waals surface area contributed by atoms with E-state index in [9.17, 15) is 9.59 Å². The Morgan fingerprint density at radius 2 is 2.14 bits per heavy atom. The summed E-state index contributed by atoms with van der Waals surface area (Å²) >= 11 is 0. The van der Waals surface area contributed by atoms with Crippen LogP contribution < -0.4 is 0 Å². The van der Waals surface area contributed by atoms with Gasteiger partial charge in [-0.2, -0.15) is 0 Å². The third-order valence-corrected chi connectivity index (χ3v) is 2.65. The molecule has 0 aromatic rings. The lowest BCUT2D eigenvalue weighted by molar-refractivity contribution is -0.143. The molecule has 1 fully saturated rings. The van der Waals surface area contributed by atoms with Crippen molar-refractivity contribution in [3.63, 3.8) is 0 Å². The Hall–Kier alpha value is -0.900. The van der Waals surface area contributed by atoms with E-state index in [-0.39, 0.29) is 24.3 Å². The quantitative estimate of drug-likeness (QED) is 0.647. The molecule has 1 heterocycles. The van der Waals surface area contributed by atoms with Crippen molar-refractivity contribution in [3.8, 4) is 0 Å². The van der Waals surface area contributed by atoms with E-state index in [1.807, 2.05) is 14.0 Å². The van der Waals surface area contributed by atoms with Gasteiger partial charge >= 0.3 is 0 Å². The number of Topliss-reactive ketones (excluding diaryl/α,β-unsaturated/α-hetero) is 1. The average molecular weight is 198 g/mol. The van der Waals surface area contributed by atoms with Crippen LogP contribution in [0, 0.1) is 0 Å². The van der Waals surface area contributed by atoms with Crippen LogP contribution in [0.15, 0.2) is 0 Å². The molecule has 4 nitrogen and oxygen atoms in total. The molecule has 0 radical (unpaired) electrons. The maximum atomic E-state index is 11.8. The average Bonchev–Trinajstić information content (AvgIpc) is 2.10. The first-order chi connectivity index (χ1) is 6.56. The number of piperazine rings is 1. The molecule has 80 valence electrons. The second kappa shape index (κ2) is 4.55. The minimum Gasteiger partial charge on any atom is -0.333 e. The van der Waals surface area contributed by atoms with E-state index in [1.54, 1.807) is 4.90 Å². The highest BCUT2D eigenvalue weighted by Gasteiger charge is 2.31. The highest BCUT2D eigenvalue weighted by Crippen LogP contribution is 2.11. The van der Waals surface area contributed by atoms with Crippen LogP contribution in [0.2, 0.25) is 0 Å². The SMILES string of the molecule is CCC1C(=O)N(CC(C)=O)CCN1C. The van der Waals surface area contributed by atoms with E-state index < -0.39 is 0 Å². The predicted molar refractivity (Wildman–Crippen MR) is 54.0 cm³/mol. The van der Waals surface area contributed by atoms with Crippen LogP contribution in [0.1, 0.15) is 20.3 Å². The number of hydrogen-bond donors (Lipinski definition) is 0. The summed E-state index contributed by atoms with van der Waals surface area (Å²) in [4.78, 5) is 26.5. The molecule has 0 N–H and O–H groups in total. The van der Waals surface area contributed by atoms with E-state index in [2.05, 4.69) is 4.90 Å². The number of carbonyl (C=O) groups excluding carboxylic acids is 2. The molecular weight excluding hydrogens is 180 g/mol. The molecule has 4 heteroatoms. The lowest BCUT2D eigenvalue weighted by atomic mass is 10.1. The fourth-order valence-electron chi connectivity index (χ4n) is 1.86. The Kier molecular flexibility index (Phi) is 3.63. The van der Waals surface area contributed by atoms with E-state index in [0.29, 0.717) is 6.54 Å². The van der Waals surface area contributed by atoms with Gasteiger partial charge in [-0.05, 0) is 20.4 Å². The smallest absolute Gasteiger partial charge is 0.240 e. The molecule has 0 bridgehead atoms. The van der Waals surface area contributed by atoms with Gasteiger partial charge < -0.3 is 4.90 Å². The second-order valence-corrected chi connectivity index (χ2v) is 3.87. The molecule has 0 aliphatic carbocycles. The summed E-state index contributed by atoms with van der Waals surface area (Å²) in [7, 11) is 1.96.